The van der Waals surface area contributed by atoms with Crippen LogP contribution < -0.4 is 11.5 Å². The van der Waals surface area contributed by atoms with Gasteiger partial charge < -0.3 is 11.5 Å². The zero-order valence-corrected chi connectivity index (χ0v) is 5.53. The van der Waals surface area contributed by atoms with Crippen molar-refractivity contribution in [3.8, 4) is 0 Å². The molecule has 0 rings (SSSR count). The number of rotatable bonds is 1. The van der Waals surface area contributed by atoms with Gasteiger partial charge in [0.05, 0.1) is 0 Å². The third-order valence-corrected chi connectivity index (χ3v) is 0.727. The summed E-state index contributed by atoms with van der Waals surface area (Å²) >= 11 is 0. The Bertz CT molecular complexity index is 170. The van der Waals surface area contributed by atoms with Crippen LogP contribution in [-0.2, 0) is 4.79 Å². The molecule has 0 saturated heterocycles. The predicted octanol–water partition coefficient (Wildman–Crippen LogP) is -1.72. The van der Waals surface area contributed by atoms with Gasteiger partial charge in [0.15, 0.2) is 5.96 Å². The molecule has 5 N–H and O–H groups in total. The molecule has 0 aromatic carbocycles. The Balaban J connectivity index is 4.10. The predicted molar refractivity (Wildman–Crippen MR) is 37.4 cm³/mol. The fourth-order valence-electron chi connectivity index (χ4n) is 0.251. The maximum Gasteiger partial charge on any atom is 0.227 e. The normalized spacial score (nSPS) is 8.10. The lowest BCUT2D eigenvalue weighted by Crippen LogP contribution is -2.29. The van der Waals surface area contributed by atoms with Crippen molar-refractivity contribution in [2.24, 2.45) is 16.5 Å². The van der Waals surface area contributed by atoms with Crippen molar-refractivity contribution in [1.29, 1.82) is 5.41 Å². The maximum absolute atomic E-state index is 9.96. The highest BCUT2D eigenvalue weighted by atomic mass is 16.1. The Morgan fingerprint density at radius 1 is 1.70 bits per heavy atom. The average Bonchev–Trinajstić information content (AvgIpc) is 1.85. The van der Waals surface area contributed by atoms with Crippen LogP contribution in [0.15, 0.2) is 4.99 Å². The molecule has 0 aliphatic rings. The minimum absolute atomic E-state index is 0.237. The molecule has 0 aromatic heterocycles. The number of carbonyl (C=O) groups is 1. The Morgan fingerprint density at radius 3 is 2.50 bits per heavy atom. The molecule has 0 aliphatic heterocycles. The van der Waals surface area contributed by atoms with Gasteiger partial charge in [0.2, 0.25) is 12.4 Å². The summed E-state index contributed by atoms with van der Waals surface area (Å²) in [6.45, 7) is 0. The molecule has 0 fully saturated rings. The summed E-state index contributed by atoms with van der Waals surface area (Å²) in [5.74, 6) is -0.520. The molecule has 0 saturated carbocycles. The van der Waals surface area contributed by atoms with E-state index in [1.165, 1.54) is 7.05 Å². The SMILES string of the molecule is CN(C=O)C(=N)N=C(N)N. The molecular formula is C4H9N5O. The van der Waals surface area contributed by atoms with Crippen molar-refractivity contribution in [3.05, 3.63) is 0 Å². The minimum Gasteiger partial charge on any atom is -0.370 e. The lowest BCUT2D eigenvalue weighted by molar-refractivity contribution is -0.114. The second-order valence-corrected chi connectivity index (χ2v) is 1.58. The van der Waals surface area contributed by atoms with E-state index in [4.69, 9.17) is 16.9 Å². The molecule has 0 bridgehead atoms. The van der Waals surface area contributed by atoms with Crippen molar-refractivity contribution in [3.63, 3.8) is 0 Å². The van der Waals surface area contributed by atoms with Crippen LogP contribution in [0, 0.1) is 5.41 Å². The topological polar surface area (TPSA) is 109 Å². The van der Waals surface area contributed by atoms with E-state index in [9.17, 15) is 4.79 Å². The van der Waals surface area contributed by atoms with E-state index >= 15 is 0 Å². The van der Waals surface area contributed by atoms with E-state index < -0.39 is 0 Å². The largest absolute Gasteiger partial charge is 0.370 e. The number of carbonyl (C=O) groups excluding carboxylic acids is 1. The molecule has 0 aromatic rings. The Labute approximate surface area is 58.0 Å². The summed E-state index contributed by atoms with van der Waals surface area (Å²) in [5, 5.41) is 6.97. The minimum atomic E-state index is -0.282. The molecular weight excluding hydrogens is 134 g/mol. The lowest BCUT2D eigenvalue weighted by atomic mass is 10.8. The Morgan fingerprint density at radius 2 is 2.20 bits per heavy atom. The third kappa shape index (κ3) is 2.65. The molecule has 0 aliphatic carbocycles. The van der Waals surface area contributed by atoms with Crippen LogP contribution in [0.2, 0.25) is 0 Å². The molecule has 10 heavy (non-hydrogen) atoms. The number of aliphatic imine (C=N–C) groups is 1. The van der Waals surface area contributed by atoms with E-state index in [1.807, 2.05) is 0 Å². The van der Waals surface area contributed by atoms with Gasteiger partial charge in [0.1, 0.15) is 0 Å². The van der Waals surface area contributed by atoms with Crippen molar-refractivity contribution in [2.45, 2.75) is 0 Å². The molecule has 6 nitrogen and oxygen atoms in total. The number of nitrogens with zero attached hydrogens (tertiary/aromatic N) is 2. The first-order valence-electron chi connectivity index (χ1n) is 2.44. The number of hydrogen-bond acceptors (Lipinski definition) is 2. The van der Waals surface area contributed by atoms with E-state index in [0.29, 0.717) is 6.41 Å². The van der Waals surface area contributed by atoms with Crippen molar-refractivity contribution < 1.29 is 4.79 Å². The molecule has 0 unspecified atom stereocenters. The van der Waals surface area contributed by atoms with E-state index in [2.05, 4.69) is 4.99 Å². The van der Waals surface area contributed by atoms with Gasteiger partial charge in [-0.15, -0.1) is 0 Å². The van der Waals surface area contributed by atoms with Crippen molar-refractivity contribution >= 4 is 18.3 Å². The Kier molecular flexibility index (Phi) is 2.89. The number of nitrogens with one attached hydrogen (secondary N) is 1. The van der Waals surface area contributed by atoms with E-state index in [0.717, 1.165) is 4.90 Å². The zero-order valence-electron chi connectivity index (χ0n) is 5.53. The van der Waals surface area contributed by atoms with Gasteiger partial charge in [-0.2, -0.15) is 4.99 Å². The highest BCUT2D eigenvalue weighted by molar-refractivity contribution is 5.95. The molecule has 1 amide bonds. The first-order valence-corrected chi connectivity index (χ1v) is 2.44. The van der Waals surface area contributed by atoms with E-state index in [-0.39, 0.29) is 11.9 Å². The summed E-state index contributed by atoms with van der Waals surface area (Å²) in [5.41, 5.74) is 9.86. The van der Waals surface area contributed by atoms with Gasteiger partial charge in [-0.3, -0.25) is 15.1 Å². The van der Waals surface area contributed by atoms with Crippen molar-refractivity contribution in [2.75, 3.05) is 7.05 Å². The van der Waals surface area contributed by atoms with Crippen molar-refractivity contribution in [1.82, 2.24) is 4.90 Å². The van der Waals surface area contributed by atoms with Gasteiger partial charge in [-0.25, -0.2) is 0 Å². The molecule has 0 spiro atoms. The van der Waals surface area contributed by atoms with Gasteiger partial charge >= 0.3 is 0 Å². The second kappa shape index (κ2) is 3.44. The maximum atomic E-state index is 9.96. The highest BCUT2D eigenvalue weighted by Gasteiger charge is 1.98. The van der Waals surface area contributed by atoms with E-state index in [1.54, 1.807) is 0 Å². The monoisotopic (exact) mass is 143 g/mol. The van der Waals surface area contributed by atoms with Crippen LogP contribution in [0.5, 0.6) is 0 Å². The molecule has 56 valence electrons. The lowest BCUT2D eigenvalue weighted by Gasteiger charge is -2.05. The van der Waals surface area contributed by atoms with Gasteiger partial charge in [0, 0.05) is 7.05 Å². The summed E-state index contributed by atoms with van der Waals surface area (Å²) < 4.78 is 0. The first-order chi connectivity index (χ1) is 4.57. The standard InChI is InChI=1S/C4H9N5O/c1-9(2-10)4(7)8-3(5)6/h2H,1H3,(H5,5,6,7,8). The fourth-order valence-corrected chi connectivity index (χ4v) is 0.251. The highest BCUT2D eigenvalue weighted by Crippen LogP contribution is 1.79. The zero-order chi connectivity index (χ0) is 8.15. The average molecular weight is 143 g/mol. The molecule has 0 heterocycles. The fraction of sp³-hybridized carbons (Fsp3) is 0.250. The van der Waals surface area contributed by atoms with Gasteiger partial charge in [0.25, 0.3) is 0 Å². The Hall–Kier alpha value is -1.59. The van der Waals surface area contributed by atoms with Crippen LogP contribution >= 0.6 is 0 Å². The number of guanidine groups is 2. The number of nitrogens with two attached hydrogens (primary N) is 2. The van der Waals surface area contributed by atoms with Crippen LogP contribution in [0.1, 0.15) is 0 Å². The van der Waals surface area contributed by atoms with Crippen LogP contribution in [0.25, 0.3) is 0 Å². The smallest absolute Gasteiger partial charge is 0.227 e. The molecule has 0 radical (unpaired) electrons. The quantitative estimate of drug-likeness (QED) is 0.231. The first kappa shape index (κ1) is 8.41. The van der Waals surface area contributed by atoms with Gasteiger partial charge in [-0.1, -0.05) is 0 Å². The number of amides is 1. The van der Waals surface area contributed by atoms with Crippen LogP contribution in [0.4, 0.5) is 0 Å². The molecule has 6 heteroatoms. The second-order valence-electron chi connectivity index (χ2n) is 1.58. The third-order valence-electron chi connectivity index (χ3n) is 0.727. The summed E-state index contributed by atoms with van der Waals surface area (Å²) in [6.07, 6.45) is 0.439. The molecule has 0 atom stereocenters. The number of hydrogen-bond donors (Lipinski definition) is 3. The summed E-state index contributed by atoms with van der Waals surface area (Å²) in [4.78, 5) is 14.2. The van der Waals surface area contributed by atoms with Crippen LogP contribution in [-0.4, -0.2) is 30.3 Å². The summed E-state index contributed by atoms with van der Waals surface area (Å²) in [6, 6.07) is 0. The van der Waals surface area contributed by atoms with Gasteiger partial charge in [-0.05, 0) is 0 Å². The van der Waals surface area contributed by atoms with Crippen LogP contribution in [0.3, 0.4) is 0 Å². The summed E-state index contributed by atoms with van der Waals surface area (Å²) in [7, 11) is 1.38.